The molecular weight excluding hydrogens is 318 g/mol. The van der Waals surface area contributed by atoms with Crippen LogP contribution in [0.25, 0.3) is 0 Å². The molecule has 0 aliphatic rings. The lowest BCUT2D eigenvalue weighted by molar-refractivity contribution is -0.118. The zero-order valence-corrected chi connectivity index (χ0v) is 13.5. The summed E-state index contributed by atoms with van der Waals surface area (Å²) in [7, 11) is 0. The summed E-state index contributed by atoms with van der Waals surface area (Å²) in [6.07, 6.45) is 0. The van der Waals surface area contributed by atoms with Crippen molar-refractivity contribution in [3.8, 4) is 5.75 Å². The number of benzene rings is 2. The lowest BCUT2D eigenvalue weighted by atomic mass is 10.1. The van der Waals surface area contributed by atoms with Gasteiger partial charge in [0.25, 0.3) is 5.91 Å². The molecule has 2 rings (SSSR count). The van der Waals surface area contributed by atoms with Gasteiger partial charge in [-0.05, 0) is 55.3 Å². The van der Waals surface area contributed by atoms with E-state index in [4.69, 9.17) is 21.4 Å². The standard InChI is InChI=1S/C17H16ClNO4/c1-10-3-5-13(7-11(10)2)23-9-16(20)19-15-6-4-12(18)8-14(15)17(21)22/h3-8H,9H2,1-2H3,(H,19,20)(H,21,22). The van der Waals surface area contributed by atoms with E-state index in [1.807, 2.05) is 26.0 Å². The number of ether oxygens (including phenoxy) is 1. The number of nitrogens with one attached hydrogen (secondary N) is 1. The predicted molar refractivity (Wildman–Crippen MR) is 88.5 cm³/mol. The van der Waals surface area contributed by atoms with Crippen molar-refractivity contribution in [1.82, 2.24) is 0 Å². The highest BCUT2D eigenvalue weighted by molar-refractivity contribution is 6.31. The average Bonchev–Trinajstić information content (AvgIpc) is 2.50. The fraction of sp³-hybridized carbons (Fsp3) is 0.176. The minimum absolute atomic E-state index is 0.0722. The van der Waals surface area contributed by atoms with Crippen molar-refractivity contribution >= 4 is 29.2 Å². The van der Waals surface area contributed by atoms with Crippen LogP contribution in [0.15, 0.2) is 36.4 Å². The van der Waals surface area contributed by atoms with Gasteiger partial charge in [-0.15, -0.1) is 0 Å². The molecule has 0 saturated carbocycles. The second-order valence-corrected chi connectivity index (χ2v) is 5.51. The van der Waals surface area contributed by atoms with Crippen LogP contribution in [-0.4, -0.2) is 23.6 Å². The summed E-state index contributed by atoms with van der Waals surface area (Å²) in [5, 5.41) is 11.9. The number of carbonyl (C=O) groups is 2. The molecule has 120 valence electrons. The summed E-state index contributed by atoms with van der Waals surface area (Å²) in [6, 6.07) is 9.76. The number of anilines is 1. The van der Waals surface area contributed by atoms with Crippen LogP contribution in [0.1, 0.15) is 21.5 Å². The Labute approximate surface area is 138 Å². The molecule has 0 aromatic heterocycles. The highest BCUT2D eigenvalue weighted by Gasteiger charge is 2.13. The van der Waals surface area contributed by atoms with E-state index < -0.39 is 11.9 Å². The highest BCUT2D eigenvalue weighted by atomic mass is 35.5. The molecule has 0 saturated heterocycles. The normalized spacial score (nSPS) is 10.2. The van der Waals surface area contributed by atoms with Gasteiger partial charge in [0, 0.05) is 5.02 Å². The van der Waals surface area contributed by atoms with Gasteiger partial charge in [0.15, 0.2) is 6.61 Å². The van der Waals surface area contributed by atoms with Gasteiger partial charge >= 0.3 is 5.97 Å². The molecule has 23 heavy (non-hydrogen) atoms. The summed E-state index contributed by atoms with van der Waals surface area (Å²) in [5.41, 5.74) is 2.30. The van der Waals surface area contributed by atoms with E-state index in [1.54, 1.807) is 6.07 Å². The van der Waals surface area contributed by atoms with E-state index in [9.17, 15) is 9.59 Å². The molecule has 0 aliphatic carbocycles. The maximum Gasteiger partial charge on any atom is 0.337 e. The van der Waals surface area contributed by atoms with Gasteiger partial charge < -0.3 is 15.2 Å². The molecule has 2 aromatic rings. The Balaban J connectivity index is 2.02. The molecule has 0 aliphatic heterocycles. The zero-order valence-electron chi connectivity index (χ0n) is 12.7. The van der Waals surface area contributed by atoms with Gasteiger partial charge in [-0.3, -0.25) is 4.79 Å². The van der Waals surface area contributed by atoms with Gasteiger partial charge in [-0.25, -0.2) is 4.79 Å². The molecule has 6 heteroatoms. The van der Waals surface area contributed by atoms with Crippen LogP contribution in [0, 0.1) is 13.8 Å². The number of hydrogen-bond acceptors (Lipinski definition) is 3. The van der Waals surface area contributed by atoms with Crippen LogP contribution in [0.4, 0.5) is 5.69 Å². The number of carboxylic acids is 1. The number of aromatic carboxylic acids is 1. The SMILES string of the molecule is Cc1ccc(OCC(=O)Nc2ccc(Cl)cc2C(=O)O)cc1C. The van der Waals surface area contributed by atoms with Crippen molar-refractivity contribution in [3.05, 3.63) is 58.1 Å². The quantitative estimate of drug-likeness (QED) is 0.875. The molecule has 1 amide bonds. The number of hydrogen-bond donors (Lipinski definition) is 2. The van der Waals surface area contributed by atoms with E-state index in [0.29, 0.717) is 5.75 Å². The summed E-state index contributed by atoms with van der Waals surface area (Å²) in [6.45, 7) is 3.72. The molecule has 0 heterocycles. The first-order chi connectivity index (χ1) is 10.9. The molecule has 2 N–H and O–H groups in total. The first-order valence-electron chi connectivity index (χ1n) is 6.89. The van der Waals surface area contributed by atoms with E-state index in [0.717, 1.165) is 11.1 Å². The second-order valence-electron chi connectivity index (χ2n) is 5.08. The topological polar surface area (TPSA) is 75.6 Å². The molecule has 0 unspecified atom stereocenters. The monoisotopic (exact) mass is 333 g/mol. The summed E-state index contributed by atoms with van der Waals surface area (Å²) in [5.74, 6) is -1.04. The first-order valence-corrected chi connectivity index (χ1v) is 7.27. The minimum atomic E-state index is -1.17. The summed E-state index contributed by atoms with van der Waals surface area (Å²) < 4.78 is 5.41. The van der Waals surface area contributed by atoms with Crippen molar-refractivity contribution in [2.45, 2.75) is 13.8 Å². The number of carbonyl (C=O) groups excluding carboxylic acids is 1. The molecule has 0 spiro atoms. The number of carboxylic acid groups (broad SMARTS) is 1. The zero-order chi connectivity index (χ0) is 17.0. The number of halogens is 1. The Hall–Kier alpha value is -2.53. The Kier molecular flexibility index (Phi) is 5.24. The van der Waals surface area contributed by atoms with Gasteiger partial charge in [-0.2, -0.15) is 0 Å². The van der Waals surface area contributed by atoms with E-state index in [2.05, 4.69) is 5.32 Å². The third-order valence-electron chi connectivity index (χ3n) is 3.33. The molecular formula is C17H16ClNO4. The van der Waals surface area contributed by atoms with E-state index in [1.165, 1.54) is 18.2 Å². The number of aryl methyl sites for hydroxylation is 2. The summed E-state index contributed by atoms with van der Waals surface area (Å²) in [4.78, 5) is 23.1. The maximum absolute atomic E-state index is 11.9. The van der Waals surface area contributed by atoms with Crippen LogP contribution >= 0.6 is 11.6 Å². The third-order valence-corrected chi connectivity index (χ3v) is 3.57. The van der Waals surface area contributed by atoms with Crippen LogP contribution in [0.2, 0.25) is 5.02 Å². The molecule has 0 atom stereocenters. The lowest BCUT2D eigenvalue weighted by Gasteiger charge is -2.11. The average molecular weight is 334 g/mol. The van der Waals surface area contributed by atoms with Crippen LogP contribution in [0.5, 0.6) is 5.75 Å². The van der Waals surface area contributed by atoms with Crippen molar-refractivity contribution in [1.29, 1.82) is 0 Å². The highest BCUT2D eigenvalue weighted by Crippen LogP contribution is 2.21. The van der Waals surface area contributed by atoms with Gasteiger partial charge in [0.1, 0.15) is 5.75 Å². The molecule has 0 fully saturated rings. The minimum Gasteiger partial charge on any atom is -0.484 e. The first kappa shape index (κ1) is 16.8. The van der Waals surface area contributed by atoms with Gasteiger partial charge in [0.05, 0.1) is 11.3 Å². The molecule has 0 radical (unpaired) electrons. The Morgan fingerprint density at radius 2 is 1.87 bits per heavy atom. The molecule has 5 nitrogen and oxygen atoms in total. The Morgan fingerprint density at radius 3 is 2.52 bits per heavy atom. The van der Waals surface area contributed by atoms with Crippen LogP contribution in [0.3, 0.4) is 0 Å². The van der Waals surface area contributed by atoms with Crippen molar-refractivity contribution in [3.63, 3.8) is 0 Å². The number of amides is 1. The second kappa shape index (κ2) is 7.15. The van der Waals surface area contributed by atoms with Crippen molar-refractivity contribution in [2.24, 2.45) is 0 Å². The van der Waals surface area contributed by atoms with Crippen LogP contribution in [-0.2, 0) is 4.79 Å². The van der Waals surface area contributed by atoms with E-state index >= 15 is 0 Å². The fourth-order valence-corrected chi connectivity index (χ4v) is 2.11. The van der Waals surface area contributed by atoms with Gasteiger partial charge in [0.2, 0.25) is 0 Å². The molecule has 0 bridgehead atoms. The van der Waals surface area contributed by atoms with Gasteiger partial charge in [-0.1, -0.05) is 17.7 Å². The Morgan fingerprint density at radius 1 is 1.13 bits per heavy atom. The Bertz CT molecular complexity index is 758. The number of rotatable bonds is 5. The largest absolute Gasteiger partial charge is 0.484 e. The third kappa shape index (κ3) is 4.47. The summed E-state index contributed by atoms with van der Waals surface area (Å²) >= 11 is 5.77. The van der Waals surface area contributed by atoms with Crippen LogP contribution < -0.4 is 10.1 Å². The fourth-order valence-electron chi connectivity index (χ4n) is 1.94. The lowest BCUT2D eigenvalue weighted by Crippen LogP contribution is -2.21. The molecule has 2 aromatic carbocycles. The smallest absolute Gasteiger partial charge is 0.337 e. The predicted octanol–water partition coefficient (Wildman–Crippen LogP) is 3.67. The maximum atomic E-state index is 11.9. The van der Waals surface area contributed by atoms with Crippen molar-refractivity contribution < 1.29 is 19.4 Å². The van der Waals surface area contributed by atoms with Crippen molar-refractivity contribution in [2.75, 3.05) is 11.9 Å². The van der Waals surface area contributed by atoms with E-state index in [-0.39, 0.29) is 22.9 Å².